The Morgan fingerprint density at radius 2 is 1.70 bits per heavy atom. The molecule has 2 aromatic carbocycles. The molecule has 252 valence electrons. The van der Waals surface area contributed by atoms with E-state index in [2.05, 4.69) is 4.90 Å². The van der Waals surface area contributed by atoms with E-state index in [9.17, 15) is 24.3 Å². The minimum Gasteiger partial charge on any atom is -0.477 e. The molecule has 12 heteroatoms. The molecule has 2 aliphatic heterocycles. The molecular formula is C35H41NO11. The van der Waals surface area contributed by atoms with E-state index in [0.29, 0.717) is 30.9 Å². The third kappa shape index (κ3) is 6.44. The number of rotatable bonds is 5. The van der Waals surface area contributed by atoms with Crippen LogP contribution in [0.5, 0.6) is 17.2 Å². The lowest BCUT2D eigenvalue weighted by atomic mass is 9.50. The van der Waals surface area contributed by atoms with Gasteiger partial charge in [-0.05, 0) is 84.0 Å². The molecule has 5 atom stereocenters. The molecule has 0 amide bonds. The molecule has 2 bridgehead atoms. The van der Waals surface area contributed by atoms with Crippen molar-refractivity contribution < 1.29 is 52.7 Å². The summed E-state index contributed by atoms with van der Waals surface area (Å²) in [5.74, 6) is -0.278. The molecule has 1 N–H and O–H groups in total. The summed E-state index contributed by atoms with van der Waals surface area (Å²) >= 11 is 0. The van der Waals surface area contributed by atoms with E-state index in [1.54, 1.807) is 45.0 Å². The van der Waals surface area contributed by atoms with Crippen LogP contribution < -0.4 is 14.2 Å². The number of aliphatic hydroxyl groups is 1. The van der Waals surface area contributed by atoms with Crippen molar-refractivity contribution in [3.8, 4) is 17.2 Å². The number of hydrogen-bond donors (Lipinski definition) is 1. The molecule has 2 aliphatic carbocycles. The number of carbonyl (C=O) groups is 4. The van der Waals surface area contributed by atoms with Gasteiger partial charge in [-0.25, -0.2) is 9.59 Å². The van der Waals surface area contributed by atoms with Gasteiger partial charge in [0.05, 0.1) is 11.0 Å². The van der Waals surface area contributed by atoms with Crippen LogP contribution in [0, 0.1) is 0 Å². The van der Waals surface area contributed by atoms with Crippen LogP contribution in [-0.4, -0.2) is 77.1 Å². The predicted octanol–water partition coefficient (Wildman–Crippen LogP) is 4.38. The van der Waals surface area contributed by atoms with Crippen molar-refractivity contribution in [2.75, 3.05) is 13.6 Å². The fourth-order valence-corrected chi connectivity index (χ4v) is 7.02. The summed E-state index contributed by atoms with van der Waals surface area (Å²) in [6.45, 7) is 9.94. The van der Waals surface area contributed by atoms with Gasteiger partial charge in [-0.15, -0.1) is 0 Å². The lowest BCUT2D eigenvalue weighted by Crippen LogP contribution is -2.74. The molecule has 1 fully saturated rings. The molecule has 0 aromatic heterocycles. The number of para-hydroxylation sites is 1. The van der Waals surface area contributed by atoms with Crippen LogP contribution in [0.4, 0.5) is 4.79 Å². The number of carbonyl (C=O) groups excluding carboxylic acids is 4. The van der Waals surface area contributed by atoms with Gasteiger partial charge in [0.15, 0.2) is 23.7 Å². The Labute approximate surface area is 273 Å². The number of likely N-dealkylation sites (tertiary alicyclic amines) is 1. The van der Waals surface area contributed by atoms with Gasteiger partial charge in [-0.3, -0.25) is 9.59 Å². The molecule has 12 nitrogen and oxygen atoms in total. The van der Waals surface area contributed by atoms with E-state index >= 15 is 0 Å². The van der Waals surface area contributed by atoms with E-state index in [-0.39, 0.29) is 29.9 Å². The minimum absolute atomic E-state index is 0.176. The van der Waals surface area contributed by atoms with Gasteiger partial charge in [-0.2, -0.15) is 0 Å². The number of piperidine rings is 1. The minimum atomic E-state index is -1.20. The van der Waals surface area contributed by atoms with Crippen molar-refractivity contribution in [3.63, 3.8) is 0 Å². The first-order valence-corrected chi connectivity index (χ1v) is 15.5. The average Bonchev–Trinajstić information content (AvgIpc) is 3.33. The van der Waals surface area contributed by atoms with Crippen molar-refractivity contribution in [2.45, 2.75) is 95.7 Å². The Morgan fingerprint density at radius 3 is 2.34 bits per heavy atom. The normalized spacial score (nSPS) is 25.7. The third-order valence-electron chi connectivity index (χ3n) is 8.82. The third-order valence-corrected chi connectivity index (χ3v) is 8.82. The Hall–Kier alpha value is -4.42. The smallest absolute Gasteiger partial charge is 0.477 e. The lowest BCUT2D eigenvalue weighted by molar-refractivity contribution is -0.175. The highest BCUT2D eigenvalue weighted by Gasteiger charge is 2.72. The van der Waals surface area contributed by atoms with Gasteiger partial charge in [0.2, 0.25) is 0 Å². The van der Waals surface area contributed by atoms with Crippen LogP contribution in [-0.2, 0) is 40.4 Å². The van der Waals surface area contributed by atoms with Crippen LogP contribution in [0.2, 0.25) is 0 Å². The van der Waals surface area contributed by atoms with Crippen molar-refractivity contribution in [1.29, 1.82) is 0 Å². The Balaban J connectivity index is 0.000000371. The summed E-state index contributed by atoms with van der Waals surface area (Å²) in [7, 11) is 1.99. The summed E-state index contributed by atoms with van der Waals surface area (Å²) in [4.78, 5) is 49.2. The standard InChI is InChI=1S/C27H33NO9.C8H8O2/c1-14(33-15(2)29)23(30)34-18-9-10-27(32)19-13-16-7-8-17(35-24(31)37-25(3,4)5)21-20(16)26(27,22(18)36-21)11-12-28(19)6;1-7(9)10-8-5-3-2-4-6-8/h7-9,14,19,22,32H,10-13H2,1-6H3;2-6H,1H3. The molecule has 4 aliphatic rings. The number of likely N-dealkylation sites (N-methyl/N-ethyl adjacent to an activating group) is 1. The second-order valence-corrected chi connectivity index (χ2v) is 13.2. The van der Waals surface area contributed by atoms with Crippen molar-refractivity contribution in [2.24, 2.45) is 0 Å². The van der Waals surface area contributed by atoms with Gasteiger partial charge >= 0.3 is 24.1 Å². The second kappa shape index (κ2) is 12.6. The van der Waals surface area contributed by atoms with E-state index in [1.165, 1.54) is 20.8 Å². The van der Waals surface area contributed by atoms with Gasteiger partial charge < -0.3 is 38.4 Å². The SMILES string of the molecule is CC(=O)OC(C)C(=O)OC1=CCC2(O)C3Cc4ccc(OC(=O)OC(C)(C)C)c5c4C2(CCN3C)C1O5.CC(=O)Oc1ccccc1. The Morgan fingerprint density at radius 1 is 1.00 bits per heavy atom. The van der Waals surface area contributed by atoms with Gasteiger partial charge in [0.25, 0.3) is 0 Å². The van der Waals surface area contributed by atoms with Crippen molar-refractivity contribution in [1.82, 2.24) is 4.90 Å². The van der Waals surface area contributed by atoms with Crippen LogP contribution in [0.3, 0.4) is 0 Å². The monoisotopic (exact) mass is 651 g/mol. The summed E-state index contributed by atoms with van der Waals surface area (Å²) in [5, 5.41) is 12.3. The van der Waals surface area contributed by atoms with Crippen LogP contribution in [0.15, 0.2) is 54.3 Å². The van der Waals surface area contributed by atoms with Crippen molar-refractivity contribution in [3.05, 3.63) is 65.4 Å². The molecule has 0 saturated carbocycles. The zero-order chi connectivity index (χ0) is 34.3. The van der Waals surface area contributed by atoms with E-state index in [0.717, 1.165) is 11.1 Å². The van der Waals surface area contributed by atoms with Gasteiger partial charge in [-0.1, -0.05) is 24.3 Å². The number of esters is 3. The molecular weight excluding hydrogens is 610 g/mol. The maximum Gasteiger partial charge on any atom is 0.514 e. The summed E-state index contributed by atoms with van der Waals surface area (Å²) < 4.78 is 32.8. The highest BCUT2D eigenvalue weighted by atomic mass is 16.7. The van der Waals surface area contributed by atoms with E-state index in [4.69, 9.17) is 28.4 Å². The van der Waals surface area contributed by atoms with Gasteiger partial charge in [0, 0.05) is 31.9 Å². The number of ether oxygens (including phenoxy) is 6. The molecule has 47 heavy (non-hydrogen) atoms. The highest BCUT2D eigenvalue weighted by molar-refractivity contribution is 5.79. The lowest BCUT2D eigenvalue weighted by Gasteiger charge is -2.61. The first-order chi connectivity index (χ1) is 22.1. The van der Waals surface area contributed by atoms with Crippen LogP contribution in [0.1, 0.15) is 65.5 Å². The quantitative estimate of drug-likeness (QED) is 0.212. The van der Waals surface area contributed by atoms with Crippen LogP contribution >= 0.6 is 0 Å². The Bertz CT molecular complexity index is 1600. The molecule has 6 rings (SSSR count). The molecule has 2 aromatic rings. The summed E-state index contributed by atoms with van der Waals surface area (Å²) in [6.07, 6.45) is 0.218. The molecule has 0 radical (unpaired) electrons. The average molecular weight is 652 g/mol. The first kappa shape index (κ1) is 33.9. The first-order valence-electron chi connectivity index (χ1n) is 15.5. The largest absolute Gasteiger partial charge is 0.514 e. The summed E-state index contributed by atoms with van der Waals surface area (Å²) in [6, 6.07) is 12.4. The fraction of sp³-hybridized carbons (Fsp3) is 0.486. The maximum absolute atomic E-state index is 12.8. The van der Waals surface area contributed by atoms with E-state index in [1.807, 2.05) is 31.3 Å². The second-order valence-electron chi connectivity index (χ2n) is 13.2. The molecule has 1 spiro atoms. The molecule has 5 unspecified atom stereocenters. The Kier molecular flexibility index (Phi) is 9.13. The topological polar surface area (TPSA) is 147 Å². The maximum atomic E-state index is 12.8. The highest BCUT2D eigenvalue weighted by Crippen LogP contribution is 2.65. The molecule has 2 heterocycles. The number of benzene rings is 2. The fourth-order valence-electron chi connectivity index (χ4n) is 7.02. The zero-order valence-corrected chi connectivity index (χ0v) is 27.7. The number of nitrogens with zero attached hydrogens (tertiary/aromatic N) is 1. The molecule has 1 saturated heterocycles. The summed E-state index contributed by atoms with van der Waals surface area (Å²) in [5.41, 5.74) is -1.11. The van der Waals surface area contributed by atoms with Crippen molar-refractivity contribution >= 4 is 24.1 Å². The predicted molar refractivity (Wildman–Crippen MR) is 167 cm³/mol. The zero-order valence-electron chi connectivity index (χ0n) is 27.7. The van der Waals surface area contributed by atoms with E-state index < -0.39 is 46.9 Å². The number of hydrogen-bond acceptors (Lipinski definition) is 12. The van der Waals surface area contributed by atoms with Crippen LogP contribution in [0.25, 0.3) is 0 Å². The van der Waals surface area contributed by atoms with Gasteiger partial charge in [0.1, 0.15) is 17.1 Å².